The summed E-state index contributed by atoms with van der Waals surface area (Å²) in [5.41, 5.74) is 0.122. The number of anilines is 1. The Morgan fingerprint density at radius 3 is 2.83 bits per heavy atom. The van der Waals surface area contributed by atoms with E-state index in [0.717, 1.165) is 11.6 Å². The van der Waals surface area contributed by atoms with Crippen molar-refractivity contribution in [2.75, 3.05) is 18.5 Å². The smallest absolute Gasteiger partial charge is 0.431 e. The monoisotopic (exact) mass is 406 g/mol. The molecule has 154 valence electrons. The number of nitrogens with one attached hydrogen (secondary N) is 2. The molecule has 0 aliphatic carbocycles. The number of nitrogens with zero attached hydrogens (tertiary/aromatic N) is 2. The molecule has 1 aliphatic heterocycles. The predicted molar refractivity (Wildman–Crippen MR) is 102 cm³/mol. The molecule has 6 nitrogen and oxygen atoms in total. The summed E-state index contributed by atoms with van der Waals surface area (Å²) in [5, 5.41) is 3.55. The van der Waals surface area contributed by atoms with Crippen LogP contribution in [-0.4, -0.2) is 34.3 Å². The first-order valence-electron chi connectivity index (χ1n) is 9.33. The maximum absolute atomic E-state index is 13.1. The molecule has 29 heavy (non-hydrogen) atoms. The zero-order chi connectivity index (χ0) is 20.6. The molecule has 2 aromatic heterocycles. The van der Waals surface area contributed by atoms with Crippen molar-refractivity contribution in [3.8, 4) is 5.75 Å². The van der Waals surface area contributed by atoms with Crippen LogP contribution in [0.3, 0.4) is 0 Å². The molecule has 0 spiro atoms. The van der Waals surface area contributed by atoms with Gasteiger partial charge in [-0.25, -0.2) is 9.97 Å². The van der Waals surface area contributed by atoms with Crippen LogP contribution in [0.4, 0.5) is 19.0 Å². The van der Waals surface area contributed by atoms with Gasteiger partial charge in [0.1, 0.15) is 41.9 Å². The Morgan fingerprint density at radius 2 is 2.07 bits per heavy atom. The molecule has 0 saturated heterocycles. The Hall–Kier alpha value is -2.81. The van der Waals surface area contributed by atoms with Gasteiger partial charge in [-0.15, -0.1) is 0 Å². The number of rotatable bonds is 5. The molecule has 2 N–H and O–H groups in total. The first kappa shape index (κ1) is 19.5. The third kappa shape index (κ3) is 4.00. The maximum atomic E-state index is 13.1. The van der Waals surface area contributed by atoms with Gasteiger partial charge in [0.2, 0.25) is 0 Å². The summed E-state index contributed by atoms with van der Waals surface area (Å²) in [6.07, 6.45) is -3.58. The lowest BCUT2D eigenvalue weighted by Crippen LogP contribution is -2.38. The quantitative estimate of drug-likeness (QED) is 0.650. The summed E-state index contributed by atoms with van der Waals surface area (Å²) in [6, 6.07) is 8.21. The number of hydrogen-bond donors (Lipinski definition) is 2. The van der Waals surface area contributed by atoms with E-state index < -0.39 is 11.9 Å². The number of benzene rings is 1. The average Bonchev–Trinajstić information content (AvgIpc) is 3.13. The number of alkyl halides is 3. The topological polar surface area (TPSA) is 72.1 Å². The molecule has 3 heterocycles. The van der Waals surface area contributed by atoms with E-state index in [1.165, 1.54) is 6.33 Å². The molecular weight excluding hydrogens is 385 g/mol. The van der Waals surface area contributed by atoms with Crippen molar-refractivity contribution < 1.29 is 22.6 Å². The van der Waals surface area contributed by atoms with E-state index in [4.69, 9.17) is 9.47 Å². The van der Waals surface area contributed by atoms with Crippen LogP contribution in [0.15, 0.2) is 36.7 Å². The van der Waals surface area contributed by atoms with Gasteiger partial charge in [-0.1, -0.05) is 32.0 Å². The standard InChI is InChI=1S/C20H21F3N4O2/c1-11(2)8-28-15-9-29-14-6-4-3-5-12(14)17(15)27-19-13-7-16(20(21,22)23)26-18(13)24-10-25-19/h3-7,10-11,15,17H,8-9H2,1-2H3,(H2,24,25,26,27). The number of ether oxygens (including phenoxy) is 2. The zero-order valence-corrected chi connectivity index (χ0v) is 16.0. The third-order valence-electron chi connectivity index (χ3n) is 4.70. The van der Waals surface area contributed by atoms with Crippen LogP contribution < -0.4 is 10.1 Å². The van der Waals surface area contributed by atoms with Crippen LogP contribution in [0.1, 0.15) is 31.1 Å². The van der Waals surface area contributed by atoms with E-state index in [0.29, 0.717) is 30.7 Å². The van der Waals surface area contributed by atoms with E-state index in [1.54, 1.807) is 0 Å². The average molecular weight is 406 g/mol. The van der Waals surface area contributed by atoms with Gasteiger partial charge in [0, 0.05) is 12.2 Å². The minimum absolute atomic E-state index is 0.120. The molecule has 0 bridgehead atoms. The molecule has 1 aromatic carbocycles. The summed E-state index contributed by atoms with van der Waals surface area (Å²) >= 11 is 0. The summed E-state index contributed by atoms with van der Waals surface area (Å²) in [7, 11) is 0. The van der Waals surface area contributed by atoms with Crippen LogP contribution >= 0.6 is 0 Å². The maximum Gasteiger partial charge on any atom is 0.431 e. The Balaban J connectivity index is 1.71. The highest BCUT2D eigenvalue weighted by atomic mass is 19.4. The van der Waals surface area contributed by atoms with Gasteiger partial charge < -0.3 is 19.8 Å². The number of fused-ring (bicyclic) bond motifs is 2. The Bertz CT molecular complexity index is 1000. The molecule has 9 heteroatoms. The van der Waals surface area contributed by atoms with Gasteiger partial charge in [-0.2, -0.15) is 13.2 Å². The Kier molecular flexibility index (Phi) is 5.08. The number of halogens is 3. The van der Waals surface area contributed by atoms with Gasteiger partial charge in [0.25, 0.3) is 0 Å². The highest BCUT2D eigenvalue weighted by molar-refractivity contribution is 5.88. The lowest BCUT2D eigenvalue weighted by Gasteiger charge is -2.34. The third-order valence-corrected chi connectivity index (χ3v) is 4.70. The van der Waals surface area contributed by atoms with Crippen LogP contribution in [0.2, 0.25) is 0 Å². The van der Waals surface area contributed by atoms with E-state index in [2.05, 4.69) is 20.3 Å². The fourth-order valence-electron chi connectivity index (χ4n) is 3.32. The van der Waals surface area contributed by atoms with Crippen molar-refractivity contribution in [3.63, 3.8) is 0 Å². The predicted octanol–water partition coefficient (Wildman–Crippen LogP) is 4.56. The van der Waals surface area contributed by atoms with Gasteiger partial charge >= 0.3 is 6.18 Å². The number of para-hydroxylation sites is 1. The Labute approximate surface area is 165 Å². The molecule has 0 amide bonds. The highest BCUT2D eigenvalue weighted by Gasteiger charge is 2.35. The minimum Gasteiger partial charge on any atom is -0.490 e. The minimum atomic E-state index is -4.49. The molecular formula is C20H21F3N4O2. The summed E-state index contributed by atoms with van der Waals surface area (Å²) in [4.78, 5) is 10.4. The van der Waals surface area contributed by atoms with Crippen LogP contribution in [0, 0.1) is 5.92 Å². The van der Waals surface area contributed by atoms with Gasteiger partial charge in [-0.05, 0) is 18.1 Å². The zero-order valence-electron chi connectivity index (χ0n) is 16.0. The lowest BCUT2D eigenvalue weighted by atomic mass is 9.97. The van der Waals surface area contributed by atoms with Crippen molar-refractivity contribution >= 4 is 16.9 Å². The second-order valence-electron chi connectivity index (χ2n) is 7.40. The van der Waals surface area contributed by atoms with E-state index in [9.17, 15) is 13.2 Å². The molecule has 1 aliphatic rings. The number of aromatic amines is 1. The first-order chi connectivity index (χ1) is 13.8. The molecule has 3 aromatic rings. The number of hydrogen-bond acceptors (Lipinski definition) is 5. The van der Waals surface area contributed by atoms with Crippen molar-refractivity contribution in [1.82, 2.24) is 15.0 Å². The second-order valence-corrected chi connectivity index (χ2v) is 7.40. The lowest BCUT2D eigenvalue weighted by molar-refractivity contribution is -0.140. The molecule has 2 atom stereocenters. The molecule has 4 rings (SSSR count). The van der Waals surface area contributed by atoms with E-state index >= 15 is 0 Å². The molecule has 0 saturated carbocycles. The summed E-state index contributed by atoms with van der Waals surface area (Å²) in [5.74, 6) is 1.35. The van der Waals surface area contributed by atoms with E-state index in [-0.39, 0.29) is 23.2 Å². The molecule has 2 unspecified atom stereocenters. The molecule has 0 fully saturated rings. The van der Waals surface area contributed by atoms with Crippen molar-refractivity contribution in [2.45, 2.75) is 32.2 Å². The summed E-state index contributed by atoms with van der Waals surface area (Å²) in [6.45, 7) is 4.96. The van der Waals surface area contributed by atoms with Gasteiger partial charge in [0.15, 0.2) is 0 Å². The van der Waals surface area contributed by atoms with E-state index in [1.807, 2.05) is 38.1 Å². The van der Waals surface area contributed by atoms with Crippen LogP contribution in [0.5, 0.6) is 5.75 Å². The SMILES string of the molecule is CC(C)COC1COc2ccccc2C1Nc1ncnc2[nH]c(C(F)(F)F)cc12. The van der Waals surface area contributed by atoms with Crippen molar-refractivity contribution in [2.24, 2.45) is 5.92 Å². The van der Waals surface area contributed by atoms with Crippen LogP contribution in [0.25, 0.3) is 11.0 Å². The number of aromatic nitrogens is 3. The highest BCUT2D eigenvalue weighted by Crippen LogP contribution is 2.38. The van der Waals surface area contributed by atoms with Crippen molar-refractivity contribution in [1.29, 1.82) is 0 Å². The number of H-pyrrole nitrogens is 1. The summed E-state index contributed by atoms with van der Waals surface area (Å²) < 4.78 is 51.2. The normalized spacial score (nSPS) is 19.2. The largest absolute Gasteiger partial charge is 0.490 e. The fourth-order valence-corrected chi connectivity index (χ4v) is 3.32. The van der Waals surface area contributed by atoms with Crippen LogP contribution in [-0.2, 0) is 10.9 Å². The first-order valence-corrected chi connectivity index (χ1v) is 9.33. The van der Waals surface area contributed by atoms with Gasteiger partial charge in [0.05, 0.1) is 11.4 Å². The molecule has 0 radical (unpaired) electrons. The second kappa shape index (κ2) is 7.55. The van der Waals surface area contributed by atoms with Gasteiger partial charge in [-0.3, -0.25) is 0 Å². The fraction of sp³-hybridized carbons (Fsp3) is 0.400. The van der Waals surface area contributed by atoms with Crippen molar-refractivity contribution in [3.05, 3.63) is 47.9 Å². The Morgan fingerprint density at radius 1 is 1.28 bits per heavy atom.